The molecule has 1 aromatic carbocycles. The van der Waals surface area contributed by atoms with Crippen LogP contribution in [0.5, 0.6) is 0 Å². The minimum absolute atomic E-state index is 0.0631. The summed E-state index contributed by atoms with van der Waals surface area (Å²) in [6, 6.07) is 4.46. The van der Waals surface area contributed by atoms with E-state index in [1.807, 2.05) is 0 Å². The molecule has 0 radical (unpaired) electrons. The maximum atomic E-state index is 13.1. The summed E-state index contributed by atoms with van der Waals surface area (Å²) in [6.07, 6.45) is 1.83. The van der Waals surface area contributed by atoms with Crippen molar-refractivity contribution >= 4 is 11.6 Å². The van der Waals surface area contributed by atoms with Gasteiger partial charge in [-0.25, -0.2) is 13.9 Å². The number of rotatable bonds is 2. The lowest BCUT2D eigenvalue weighted by molar-refractivity contribution is 0.404. The minimum Gasteiger partial charge on any atom is -0.279 e. The van der Waals surface area contributed by atoms with Gasteiger partial charge in [0.05, 0.1) is 11.6 Å². The Labute approximate surface area is 120 Å². The Bertz CT molecular complexity index is 707. The van der Waals surface area contributed by atoms with Crippen molar-refractivity contribution in [2.75, 3.05) is 0 Å². The molecule has 4 nitrogen and oxygen atoms in total. The molecule has 0 spiro atoms. The molecule has 3 rings (SSSR count). The van der Waals surface area contributed by atoms with Gasteiger partial charge in [-0.2, -0.15) is 5.10 Å². The van der Waals surface area contributed by atoms with Crippen molar-refractivity contribution < 1.29 is 4.39 Å². The molecule has 0 unspecified atom stereocenters. The molecule has 0 amide bonds. The Balaban J connectivity index is 1.91. The third-order valence-corrected chi connectivity index (χ3v) is 3.98. The molecular formula is C14H15ClFN3O. The highest BCUT2D eigenvalue weighted by Crippen LogP contribution is 2.18. The minimum atomic E-state index is -0.458. The second kappa shape index (κ2) is 5.05. The molecule has 0 N–H and O–H groups in total. The first kappa shape index (κ1) is 13.4. The molecule has 0 aliphatic carbocycles. The van der Waals surface area contributed by atoms with Crippen molar-refractivity contribution in [3.63, 3.8) is 0 Å². The van der Waals surface area contributed by atoms with Crippen LogP contribution in [0.25, 0.3) is 0 Å². The van der Waals surface area contributed by atoms with E-state index in [0.29, 0.717) is 12.5 Å². The maximum Gasteiger partial charge on any atom is 0.346 e. The Kier molecular flexibility index (Phi) is 3.38. The van der Waals surface area contributed by atoms with Gasteiger partial charge < -0.3 is 0 Å². The fraction of sp³-hybridized carbons (Fsp3) is 0.429. The van der Waals surface area contributed by atoms with E-state index < -0.39 is 5.82 Å². The van der Waals surface area contributed by atoms with E-state index >= 15 is 0 Å². The number of hydrogen-bond donors (Lipinski definition) is 0. The number of halogens is 2. The first-order chi connectivity index (χ1) is 9.54. The standard InChI is InChI=1S/C14H15ClFN3O/c1-9-4-5-18-13(6-9)17-19(14(18)20)8-10-2-3-12(16)11(15)7-10/h2-3,7,9H,4-6,8H2,1H3/t9-/m1/s1. The number of aromatic nitrogens is 3. The Morgan fingerprint density at radius 1 is 1.50 bits per heavy atom. The van der Waals surface area contributed by atoms with Crippen molar-refractivity contribution in [3.05, 3.63) is 50.9 Å². The smallest absolute Gasteiger partial charge is 0.279 e. The lowest BCUT2D eigenvalue weighted by Gasteiger charge is -2.17. The van der Waals surface area contributed by atoms with Crippen LogP contribution in [0.1, 0.15) is 24.7 Å². The van der Waals surface area contributed by atoms with Gasteiger partial charge in [0.2, 0.25) is 0 Å². The molecule has 6 heteroatoms. The first-order valence-electron chi connectivity index (χ1n) is 6.65. The second-order valence-corrected chi connectivity index (χ2v) is 5.76. The summed E-state index contributed by atoms with van der Waals surface area (Å²) in [7, 11) is 0. The van der Waals surface area contributed by atoms with Crippen LogP contribution in [0, 0.1) is 11.7 Å². The van der Waals surface area contributed by atoms with Gasteiger partial charge in [-0.15, -0.1) is 0 Å². The fourth-order valence-electron chi connectivity index (χ4n) is 2.54. The highest BCUT2D eigenvalue weighted by atomic mass is 35.5. The quantitative estimate of drug-likeness (QED) is 0.854. The van der Waals surface area contributed by atoms with Crippen LogP contribution in [-0.4, -0.2) is 14.3 Å². The Morgan fingerprint density at radius 2 is 2.30 bits per heavy atom. The maximum absolute atomic E-state index is 13.1. The monoisotopic (exact) mass is 295 g/mol. The summed E-state index contributed by atoms with van der Waals surface area (Å²) in [5, 5.41) is 4.44. The molecule has 106 valence electrons. The summed E-state index contributed by atoms with van der Waals surface area (Å²) in [4.78, 5) is 12.2. The van der Waals surface area contributed by atoms with E-state index in [1.54, 1.807) is 10.6 Å². The van der Waals surface area contributed by atoms with E-state index in [4.69, 9.17) is 11.6 Å². The van der Waals surface area contributed by atoms with Gasteiger partial charge in [0, 0.05) is 13.0 Å². The molecular weight excluding hydrogens is 281 g/mol. The number of fused-ring (bicyclic) bond motifs is 1. The molecule has 0 saturated heterocycles. The van der Waals surface area contributed by atoms with Gasteiger partial charge in [-0.05, 0) is 30.0 Å². The number of nitrogens with zero attached hydrogens (tertiary/aromatic N) is 3. The van der Waals surface area contributed by atoms with Crippen molar-refractivity contribution in [1.82, 2.24) is 14.3 Å². The van der Waals surface area contributed by atoms with Crippen molar-refractivity contribution in [2.24, 2.45) is 5.92 Å². The van der Waals surface area contributed by atoms with Gasteiger partial charge in [-0.3, -0.25) is 4.57 Å². The van der Waals surface area contributed by atoms with Gasteiger partial charge >= 0.3 is 5.69 Å². The zero-order valence-electron chi connectivity index (χ0n) is 11.1. The average molecular weight is 296 g/mol. The molecule has 1 aliphatic rings. The molecule has 2 heterocycles. The molecule has 0 bridgehead atoms. The van der Waals surface area contributed by atoms with Crippen molar-refractivity contribution in [2.45, 2.75) is 32.9 Å². The summed E-state index contributed by atoms with van der Waals surface area (Å²) in [6.45, 7) is 3.19. The summed E-state index contributed by atoms with van der Waals surface area (Å²) in [5.74, 6) is 0.931. The molecule has 0 fully saturated rings. The highest BCUT2D eigenvalue weighted by Gasteiger charge is 2.20. The molecule has 1 atom stereocenters. The van der Waals surface area contributed by atoms with Crippen LogP contribution in [0.15, 0.2) is 23.0 Å². The van der Waals surface area contributed by atoms with E-state index in [2.05, 4.69) is 12.0 Å². The molecule has 0 saturated carbocycles. The second-order valence-electron chi connectivity index (χ2n) is 5.35. The van der Waals surface area contributed by atoms with Gasteiger partial charge in [0.15, 0.2) is 0 Å². The van der Waals surface area contributed by atoms with Crippen LogP contribution in [0.2, 0.25) is 5.02 Å². The zero-order chi connectivity index (χ0) is 14.3. The average Bonchev–Trinajstić information content (AvgIpc) is 2.70. The van der Waals surface area contributed by atoms with Gasteiger partial charge in [0.1, 0.15) is 11.6 Å². The van der Waals surface area contributed by atoms with E-state index in [9.17, 15) is 9.18 Å². The van der Waals surface area contributed by atoms with Crippen LogP contribution in [0.4, 0.5) is 4.39 Å². The summed E-state index contributed by atoms with van der Waals surface area (Å²) >= 11 is 5.75. The third kappa shape index (κ3) is 2.38. The normalized spacial score (nSPS) is 18.1. The first-order valence-corrected chi connectivity index (χ1v) is 7.03. The Hall–Kier alpha value is -1.62. The predicted molar refractivity (Wildman–Crippen MR) is 74.5 cm³/mol. The lowest BCUT2D eigenvalue weighted by atomic mass is 10.0. The van der Waals surface area contributed by atoms with E-state index in [1.165, 1.54) is 16.8 Å². The van der Waals surface area contributed by atoms with Crippen molar-refractivity contribution in [3.8, 4) is 0 Å². The highest BCUT2D eigenvalue weighted by molar-refractivity contribution is 6.30. The third-order valence-electron chi connectivity index (χ3n) is 3.69. The van der Waals surface area contributed by atoms with E-state index in [0.717, 1.165) is 30.8 Å². The van der Waals surface area contributed by atoms with E-state index in [-0.39, 0.29) is 10.7 Å². The fourth-order valence-corrected chi connectivity index (χ4v) is 2.74. The van der Waals surface area contributed by atoms with Crippen molar-refractivity contribution in [1.29, 1.82) is 0 Å². The van der Waals surface area contributed by atoms with Gasteiger partial charge in [0.25, 0.3) is 0 Å². The lowest BCUT2D eigenvalue weighted by Crippen LogP contribution is -2.28. The summed E-state index contributed by atoms with van der Waals surface area (Å²) < 4.78 is 16.3. The predicted octanol–water partition coefficient (Wildman–Crippen LogP) is 2.47. The number of hydrogen-bond acceptors (Lipinski definition) is 2. The largest absolute Gasteiger partial charge is 0.346 e. The van der Waals surface area contributed by atoms with Crippen LogP contribution < -0.4 is 5.69 Å². The van der Waals surface area contributed by atoms with Crippen LogP contribution in [-0.2, 0) is 19.5 Å². The van der Waals surface area contributed by atoms with Crippen LogP contribution in [0.3, 0.4) is 0 Å². The SMILES string of the molecule is C[C@@H]1CCn2c(nn(Cc3ccc(F)c(Cl)c3)c2=O)C1. The molecule has 2 aromatic rings. The Morgan fingerprint density at radius 3 is 3.05 bits per heavy atom. The summed E-state index contributed by atoms with van der Waals surface area (Å²) in [5.41, 5.74) is 0.661. The number of benzene rings is 1. The van der Waals surface area contributed by atoms with Gasteiger partial charge in [-0.1, -0.05) is 24.6 Å². The molecule has 1 aromatic heterocycles. The topological polar surface area (TPSA) is 39.8 Å². The van der Waals surface area contributed by atoms with Crippen LogP contribution >= 0.6 is 11.6 Å². The zero-order valence-corrected chi connectivity index (χ0v) is 11.9. The molecule has 20 heavy (non-hydrogen) atoms. The molecule has 1 aliphatic heterocycles.